The minimum Gasteiger partial charge on any atom is -0.369 e. The van der Waals surface area contributed by atoms with Gasteiger partial charge >= 0.3 is 0 Å². The zero-order valence-electron chi connectivity index (χ0n) is 17.9. The van der Waals surface area contributed by atoms with Crippen molar-refractivity contribution < 1.29 is 8.78 Å². The SMILES string of the molecule is Fc1cc(F)c2c(-c3nc4ccc(N5CCN(C6CCCCC6)CC5)cc4[nH]3)n[nH]c2c1. The number of aromatic nitrogens is 4. The number of hydrogen-bond acceptors (Lipinski definition) is 4. The van der Waals surface area contributed by atoms with Crippen LogP contribution in [0.4, 0.5) is 14.5 Å². The molecule has 0 unspecified atom stereocenters. The molecule has 2 N–H and O–H groups in total. The fourth-order valence-corrected chi connectivity index (χ4v) is 5.34. The maximum atomic E-state index is 14.4. The van der Waals surface area contributed by atoms with Crippen LogP contribution in [0.3, 0.4) is 0 Å². The highest BCUT2D eigenvalue weighted by atomic mass is 19.1. The maximum absolute atomic E-state index is 14.4. The summed E-state index contributed by atoms with van der Waals surface area (Å²) in [7, 11) is 0. The summed E-state index contributed by atoms with van der Waals surface area (Å²) in [4.78, 5) is 13.0. The van der Waals surface area contributed by atoms with Crippen LogP contribution < -0.4 is 4.90 Å². The van der Waals surface area contributed by atoms with E-state index >= 15 is 0 Å². The molecule has 6 nitrogen and oxygen atoms in total. The number of H-pyrrole nitrogens is 2. The van der Waals surface area contributed by atoms with Crippen LogP contribution in [-0.2, 0) is 0 Å². The lowest BCUT2D eigenvalue weighted by atomic mass is 9.94. The molecule has 0 spiro atoms. The molecule has 2 aromatic carbocycles. The lowest BCUT2D eigenvalue weighted by Gasteiger charge is -2.41. The van der Waals surface area contributed by atoms with Gasteiger partial charge in [0.25, 0.3) is 0 Å². The van der Waals surface area contributed by atoms with E-state index < -0.39 is 11.6 Å². The Balaban J connectivity index is 1.24. The molecule has 1 saturated heterocycles. The van der Waals surface area contributed by atoms with Crippen molar-refractivity contribution >= 4 is 27.6 Å². The molecule has 1 aliphatic heterocycles. The standard InChI is InChI=1S/C24H26F2N6/c25-15-12-18(26)22-21(13-15)29-30-23(22)24-27-19-7-6-17(14-20(19)28-24)32-10-8-31(9-11-32)16-4-2-1-3-5-16/h6-7,12-14,16H,1-5,8-11H2,(H,27,28)(H,29,30). The second-order valence-corrected chi connectivity index (χ2v) is 8.98. The molecule has 1 saturated carbocycles. The van der Waals surface area contributed by atoms with Gasteiger partial charge in [0.05, 0.1) is 21.9 Å². The first-order chi connectivity index (χ1) is 15.7. The molecule has 2 aromatic heterocycles. The summed E-state index contributed by atoms with van der Waals surface area (Å²) in [6.07, 6.45) is 6.82. The minimum absolute atomic E-state index is 0.240. The number of hydrogen-bond donors (Lipinski definition) is 2. The smallest absolute Gasteiger partial charge is 0.159 e. The van der Waals surface area contributed by atoms with Crippen LogP contribution in [0.5, 0.6) is 0 Å². The van der Waals surface area contributed by atoms with Gasteiger partial charge in [-0.2, -0.15) is 5.10 Å². The van der Waals surface area contributed by atoms with E-state index in [1.54, 1.807) is 0 Å². The molecule has 0 amide bonds. The number of imidazole rings is 1. The van der Waals surface area contributed by atoms with Crippen LogP contribution in [-0.4, -0.2) is 57.3 Å². The van der Waals surface area contributed by atoms with Gasteiger partial charge in [0.1, 0.15) is 17.3 Å². The quantitative estimate of drug-likeness (QED) is 0.482. The number of nitrogens with zero attached hydrogens (tertiary/aromatic N) is 4. The third-order valence-corrected chi connectivity index (χ3v) is 7.04. The first-order valence-corrected chi connectivity index (χ1v) is 11.5. The highest BCUT2D eigenvalue weighted by molar-refractivity contribution is 5.93. The van der Waals surface area contributed by atoms with E-state index in [1.165, 1.54) is 38.2 Å². The van der Waals surface area contributed by atoms with Crippen molar-refractivity contribution in [3.05, 3.63) is 42.0 Å². The third-order valence-electron chi connectivity index (χ3n) is 7.04. The highest BCUT2D eigenvalue weighted by Gasteiger charge is 2.25. The lowest BCUT2D eigenvalue weighted by Crippen LogP contribution is -2.50. The summed E-state index contributed by atoms with van der Waals surface area (Å²) in [5.41, 5.74) is 3.51. The van der Waals surface area contributed by atoms with Gasteiger partial charge in [0.15, 0.2) is 5.82 Å². The van der Waals surface area contributed by atoms with E-state index in [0.29, 0.717) is 17.0 Å². The van der Waals surface area contributed by atoms with E-state index in [1.807, 2.05) is 6.07 Å². The molecular formula is C24H26F2N6. The summed E-state index contributed by atoms with van der Waals surface area (Å²) in [6, 6.07) is 9.07. The van der Waals surface area contributed by atoms with E-state index in [4.69, 9.17) is 0 Å². The summed E-state index contributed by atoms with van der Waals surface area (Å²) < 4.78 is 27.9. The predicted octanol–water partition coefficient (Wildman–Crippen LogP) is 4.84. The van der Waals surface area contributed by atoms with Crippen molar-refractivity contribution in [3.63, 3.8) is 0 Å². The maximum Gasteiger partial charge on any atom is 0.159 e. The molecule has 32 heavy (non-hydrogen) atoms. The van der Waals surface area contributed by atoms with E-state index in [-0.39, 0.29) is 5.39 Å². The van der Waals surface area contributed by atoms with Crippen molar-refractivity contribution in [1.29, 1.82) is 0 Å². The number of benzene rings is 2. The average molecular weight is 437 g/mol. The van der Waals surface area contributed by atoms with Gasteiger partial charge in [0, 0.05) is 44.0 Å². The van der Waals surface area contributed by atoms with E-state index in [0.717, 1.165) is 55.0 Å². The molecule has 6 rings (SSSR count). The Kier molecular flexibility index (Phi) is 4.82. The Labute approximate surface area is 184 Å². The topological polar surface area (TPSA) is 63.8 Å². The van der Waals surface area contributed by atoms with Crippen LogP contribution in [0.2, 0.25) is 0 Å². The van der Waals surface area contributed by atoms with Crippen LogP contribution in [0.1, 0.15) is 32.1 Å². The number of nitrogens with one attached hydrogen (secondary N) is 2. The molecule has 2 aliphatic rings. The summed E-state index contributed by atoms with van der Waals surface area (Å²) >= 11 is 0. The molecule has 8 heteroatoms. The summed E-state index contributed by atoms with van der Waals surface area (Å²) in [6.45, 7) is 4.24. The Bertz CT molecular complexity index is 1260. The Hall–Kier alpha value is -3.00. The van der Waals surface area contributed by atoms with E-state index in [2.05, 4.69) is 42.1 Å². The van der Waals surface area contributed by atoms with Crippen LogP contribution in [0.15, 0.2) is 30.3 Å². The number of anilines is 1. The number of aromatic amines is 2. The Morgan fingerprint density at radius 2 is 1.72 bits per heavy atom. The minimum atomic E-state index is -0.652. The first kappa shape index (κ1) is 19.7. The normalized spacial score (nSPS) is 18.8. The molecule has 0 atom stereocenters. The van der Waals surface area contributed by atoms with Crippen molar-refractivity contribution in [2.45, 2.75) is 38.1 Å². The first-order valence-electron chi connectivity index (χ1n) is 11.5. The Morgan fingerprint density at radius 3 is 2.53 bits per heavy atom. The fraction of sp³-hybridized carbons (Fsp3) is 0.417. The zero-order valence-corrected chi connectivity index (χ0v) is 17.9. The van der Waals surface area contributed by atoms with Crippen molar-refractivity contribution in [2.24, 2.45) is 0 Å². The zero-order chi connectivity index (χ0) is 21.7. The molecule has 2 fully saturated rings. The van der Waals surface area contributed by atoms with Gasteiger partial charge in [-0.05, 0) is 37.1 Å². The van der Waals surface area contributed by atoms with E-state index in [9.17, 15) is 8.78 Å². The second-order valence-electron chi connectivity index (χ2n) is 8.98. The highest BCUT2D eigenvalue weighted by Crippen LogP contribution is 2.31. The second kappa shape index (κ2) is 7.85. The number of rotatable bonds is 3. The van der Waals surface area contributed by atoms with Gasteiger partial charge in [-0.1, -0.05) is 19.3 Å². The molecule has 4 aromatic rings. The van der Waals surface area contributed by atoms with Gasteiger partial charge in [0.2, 0.25) is 0 Å². The van der Waals surface area contributed by atoms with Gasteiger partial charge < -0.3 is 9.88 Å². The predicted molar refractivity (Wildman–Crippen MR) is 122 cm³/mol. The van der Waals surface area contributed by atoms with Gasteiger partial charge in [-0.25, -0.2) is 13.8 Å². The molecule has 0 bridgehead atoms. The molecule has 1 aliphatic carbocycles. The number of halogens is 2. The van der Waals surface area contributed by atoms with Crippen molar-refractivity contribution in [3.8, 4) is 11.5 Å². The molecular weight excluding hydrogens is 410 g/mol. The van der Waals surface area contributed by atoms with Crippen LogP contribution in [0, 0.1) is 11.6 Å². The fourth-order valence-electron chi connectivity index (χ4n) is 5.34. The van der Waals surface area contributed by atoms with Gasteiger partial charge in [-0.3, -0.25) is 10.00 Å². The monoisotopic (exact) mass is 436 g/mol. The largest absolute Gasteiger partial charge is 0.369 e. The number of fused-ring (bicyclic) bond motifs is 2. The van der Waals surface area contributed by atoms with Crippen LogP contribution in [0.25, 0.3) is 33.5 Å². The Morgan fingerprint density at radius 1 is 0.906 bits per heavy atom. The summed E-state index contributed by atoms with van der Waals surface area (Å²) in [5, 5.41) is 7.13. The van der Waals surface area contributed by atoms with Crippen molar-refractivity contribution in [2.75, 3.05) is 31.1 Å². The van der Waals surface area contributed by atoms with Crippen molar-refractivity contribution in [1.82, 2.24) is 25.1 Å². The third kappa shape index (κ3) is 3.43. The number of piperazine rings is 1. The molecule has 3 heterocycles. The lowest BCUT2D eigenvalue weighted by molar-refractivity contribution is 0.148. The molecule has 0 radical (unpaired) electrons. The van der Waals surface area contributed by atoms with Gasteiger partial charge in [-0.15, -0.1) is 0 Å². The average Bonchev–Trinajstić information content (AvgIpc) is 3.43. The molecule has 166 valence electrons. The van der Waals surface area contributed by atoms with Crippen LogP contribution >= 0.6 is 0 Å². The summed E-state index contributed by atoms with van der Waals surface area (Å²) in [5.74, 6) is -0.820.